The van der Waals surface area contributed by atoms with Crippen LogP contribution in [0.4, 0.5) is 5.69 Å². The highest BCUT2D eigenvalue weighted by molar-refractivity contribution is 7.13. The number of aromatic amines is 2. The highest BCUT2D eigenvalue weighted by atomic mass is 32.1. The number of nitrogens with one attached hydrogen (secondary N) is 3. The molecule has 0 aliphatic heterocycles. The third-order valence-corrected chi connectivity index (χ3v) is 6.68. The van der Waals surface area contributed by atoms with Crippen LogP contribution in [0.5, 0.6) is 0 Å². The average Bonchev–Trinajstić information content (AvgIpc) is 3.63. The molecular formula is C26H21N7OS. The van der Waals surface area contributed by atoms with Crippen molar-refractivity contribution in [3.8, 4) is 33.2 Å². The van der Waals surface area contributed by atoms with Gasteiger partial charge in [-0.1, -0.05) is 13.0 Å². The van der Waals surface area contributed by atoms with E-state index < -0.39 is 0 Å². The standard InChI is InChI=1S/C26H21N7OS/c1-2-4-24(34)30-16-9-15(12-27-13-16)20-10-18-22(14-29-20)32-33-25(18)21-11-17-19(31-21)6-7-28-26(17)23-5-3-8-35-23/h3,5-14,31H,2,4H2,1H3,(H,30,34)(H,32,33). The third kappa shape index (κ3) is 3.95. The number of pyridine rings is 3. The molecule has 0 saturated heterocycles. The van der Waals surface area contributed by atoms with Crippen molar-refractivity contribution in [1.82, 2.24) is 30.1 Å². The molecule has 6 heterocycles. The number of aromatic nitrogens is 6. The number of thiophene rings is 1. The molecule has 0 spiro atoms. The SMILES string of the molecule is CCCC(=O)Nc1cncc(-c2cc3c(-c4cc5c(-c6cccs6)nccc5[nH]4)n[nH]c3cn2)c1. The van der Waals surface area contributed by atoms with Crippen molar-refractivity contribution in [2.24, 2.45) is 0 Å². The van der Waals surface area contributed by atoms with Gasteiger partial charge in [-0.05, 0) is 42.1 Å². The molecule has 0 atom stereocenters. The predicted molar refractivity (Wildman–Crippen MR) is 139 cm³/mol. The lowest BCUT2D eigenvalue weighted by Gasteiger charge is -2.06. The van der Waals surface area contributed by atoms with Crippen molar-refractivity contribution in [3.05, 3.63) is 66.6 Å². The van der Waals surface area contributed by atoms with Crippen molar-refractivity contribution in [2.45, 2.75) is 19.8 Å². The Morgan fingerprint density at radius 1 is 1.03 bits per heavy atom. The van der Waals surface area contributed by atoms with Crippen LogP contribution in [0, 0.1) is 0 Å². The molecular weight excluding hydrogens is 458 g/mol. The third-order valence-electron chi connectivity index (χ3n) is 5.80. The predicted octanol–water partition coefficient (Wildman–Crippen LogP) is 6.03. The molecule has 9 heteroatoms. The van der Waals surface area contributed by atoms with E-state index >= 15 is 0 Å². The molecule has 0 aliphatic rings. The summed E-state index contributed by atoms with van der Waals surface area (Å²) >= 11 is 1.67. The van der Waals surface area contributed by atoms with E-state index in [2.05, 4.69) is 53.0 Å². The summed E-state index contributed by atoms with van der Waals surface area (Å²) < 4.78 is 0. The first-order valence-electron chi connectivity index (χ1n) is 11.3. The number of nitrogens with zero attached hydrogens (tertiary/aromatic N) is 4. The van der Waals surface area contributed by atoms with Crippen molar-refractivity contribution >= 4 is 44.7 Å². The number of H-pyrrole nitrogens is 2. The Labute approximate surface area is 204 Å². The minimum atomic E-state index is -0.0257. The number of carbonyl (C=O) groups is 1. The Kier molecular flexibility index (Phi) is 5.31. The molecule has 1 amide bonds. The fraction of sp³-hybridized carbons (Fsp3) is 0.115. The molecule has 3 N–H and O–H groups in total. The number of amides is 1. The summed E-state index contributed by atoms with van der Waals surface area (Å²) in [6.45, 7) is 1.97. The van der Waals surface area contributed by atoms with Gasteiger partial charge in [-0.2, -0.15) is 5.10 Å². The molecule has 35 heavy (non-hydrogen) atoms. The Balaban J connectivity index is 1.40. The Hall–Kier alpha value is -4.37. The second kappa shape index (κ2) is 8.77. The topological polar surface area (TPSA) is 112 Å². The van der Waals surface area contributed by atoms with Crippen LogP contribution in [0.1, 0.15) is 19.8 Å². The van der Waals surface area contributed by atoms with Gasteiger partial charge >= 0.3 is 0 Å². The first-order chi connectivity index (χ1) is 17.2. The maximum absolute atomic E-state index is 12.0. The number of carbonyl (C=O) groups excluding carboxylic acids is 1. The molecule has 8 nitrogen and oxygen atoms in total. The Morgan fingerprint density at radius 3 is 2.80 bits per heavy atom. The normalized spacial score (nSPS) is 11.3. The quantitative estimate of drug-likeness (QED) is 0.270. The lowest BCUT2D eigenvalue weighted by atomic mass is 10.1. The summed E-state index contributed by atoms with van der Waals surface area (Å²) in [6, 6.07) is 12.1. The minimum absolute atomic E-state index is 0.0257. The fourth-order valence-corrected chi connectivity index (χ4v) is 4.91. The van der Waals surface area contributed by atoms with Crippen molar-refractivity contribution < 1.29 is 4.79 Å². The van der Waals surface area contributed by atoms with Gasteiger partial charge in [0.15, 0.2) is 0 Å². The van der Waals surface area contributed by atoms with Gasteiger partial charge in [0.1, 0.15) is 5.69 Å². The molecule has 0 fully saturated rings. The molecule has 6 rings (SSSR count). The lowest BCUT2D eigenvalue weighted by molar-refractivity contribution is -0.116. The molecule has 0 radical (unpaired) electrons. The highest BCUT2D eigenvalue weighted by Gasteiger charge is 2.16. The van der Waals surface area contributed by atoms with Gasteiger partial charge in [0.05, 0.1) is 45.6 Å². The lowest BCUT2D eigenvalue weighted by Crippen LogP contribution is -2.10. The molecule has 172 valence electrons. The zero-order chi connectivity index (χ0) is 23.8. The second-order valence-electron chi connectivity index (χ2n) is 8.23. The van der Waals surface area contributed by atoms with Gasteiger partial charge in [-0.15, -0.1) is 11.3 Å². The van der Waals surface area contributed by atoms with Gasteiger partial charge < -0.3 is 10.3 Å². The van der Waals surface area contributed by atoms with Crippen LogP contribution in [0.25, 0.3) is 55.0 Å². The van der Waals surface area contributed by atoms with Crippen LogP contribution in [-0.4, -0.2) is 36.0 Å². The summed E-state index contributed by atoms with van der Waals surface area (Å²) in [7, 11) is 0. The Morgan fingerprint density at radius 2 is 1.94 bits per heavy atom. The maximum Gasteiger partial charge on any atom is 0.224 e. The number of rotatable bonds is 6. The zero-order valence-corrected chi connectivity index (χ0v) is 19.7. The molecule has 6 aromatic rings. The van der Waals surface area contributed by atoms with Crippen LogP contribution >= 0.6 is 11.3 Å². The van der Waals surface area contributed by atoms with Gasteiger partial charge in [0, 0.05) is 40.7 Å². The molecule has 6 aromatic heterocycles. The van der Waals surface area contributed by atoms with E-state index in [1.807, 2.05) is 37.4 Å². The van der Waals surface area contributed by atoms with Gasteiger partial charge in [0.2, 0.25) is 5.91 Å². The summed E-state index contributed by atoms with van der Waals surface area (Å²) in [5.41, 5.74) is 6.70. The highest BCUT2D eigenvalue weighted by Crippen LogP contribution is 2.35. The summed E-state index contributed by atoms with van der Waals surface area (Å²) in [6.07, 6.45) is 8.24. The smallest absolute Gasteiger partial charge is 0.224 e. The summed E-state index contributed by atoms with van der Waals surface area (Å²) in [4.78, 5) is 30.1. The molecule has 0 aliphatic carbocycles. The maximum atomic E-state index is 12.0. The fourth-order valence-electron chi connectivity index (χ4n) is 4.17. The van der Waals surface area contributed by atoms with Gasteiger partial charge in [-0.25, -0.2) is 0 Å². The number of hydrogen-bond acceptors (Lipinski definition) is 6. The van der Waals surface area contributed by atoms with Crippen LogP contribution in [0.3, 0.4) is 0 Å². The van der Waals surface area contributed by atoms with Crippen LogP contribution in [0.2, 0.25) is 0 Å². The summed E-state index contributed by atoms with van der Waals surface area (Å²) in [5, 5.41) is 14.6. The van der Waals surface area contributed by atoms with E-state index in [1.165, 1.54) is 0 Å². The van der Waals surface area contributed by atoms with E-state index in [1.54, 1.807) is 29.9 Å². The number of hydrogen-bond donors (Lipinski definition) is 3. The Bertz CT molecular complexity index is 1670. The number of anilines is 1. The van der Waals surface area contributed by atoms with E-state index in [0.29, 0.717) is 12.1 Å². The van der Waals surface area contributed by atoms with Crippen LogP contribution in [0.15, 0.2) is 66.6 Å². The average molecular weight is 480 g/mol. The molecule has 0 unspecified atom stereocenters. The second-order valence-corrected chi connectivity index (χ2v) is 9.18. The monoisotopic (exact) mass is 479 g/mol. The molecule has 0 aromatic carbocycles. The summed E-state index contributed by atoms with van der Waals surface area (Å²) in [5.74, 6) is -0.0257. The van der Waals surface area contributed by atoms with E-state index in [0.717, 1.165) is 61.4 Å². The van der Waals surface area contributed by atoms with Crippen LogP contribution < -0.4 is 5.32 Å². The zero-order valence-electron chi connectivity index (χ0n) is 18.9. The van der Waals surface area contributed by atoms with Gasteiger partial charge in [0.25, 0.3) is 0 Å². The first-order valence-corrected chi connectivity index (χ1v) is 12.2. The van der Waals surface area contributed by atoms with Crippen molar-refractivity contribution in [2.75, 3.05) is 5.32 Å². The molecule has 0 saturated carbocycles. The molecule has 0 bridgehead atoms. The largest absolute Gasteiger partial charge is 0.353 e. The van der Waals surface area contributed by atoms with E-state index in [4.69, 9.17) is 0 Å². The van der Waals surface area contributed by atoms with Crippen molar-refractivity contribution in [3.63, 3.8) is 0 Å². The van der Waals surface area contributed by atoms with Crippen molar-refractivity contribution in [1.29, 1.82) is 0 Å². The minimum Gasteiger partial charge on any atom is -0.353 e. The number of fused-ring (bicyclic) bond motifs is 2. The van der Waals surface area contributed by atoms with Gasteiger partial charge in [-0.3, -0.25) is 24.8 Å². The van der Waals surface area contributed by atoms with Crippen LogP contribution in [-0.2, 0) is 4.79 Å². The first kappa shape index (κ1) is 21.2. The van der Waals surface area contributed by atoms with E-state index in [-0.39, 0.29) is 5.91 Å². The van der Waals surface area contributed by atoms with E-state index in [9.17, 15) is 4.79 Å².